The van der Waals surface area contributed by atoms with E-state index in [1.807, 2.05) is 0 Å². The SMILES string of the molecule is CN1CCN(/N=N/N2CCN(C)CC2)CC1. The van der Waals surface area contributed by atoms with Crippen molar-refractivity contribution in [3.63, 3.8) is 0 Å². The van der Waals surface area contributed by atoms with Crippen LogP contribution in [0.2, 0.25) is 0 Å². The highest BCUT2D eigenvalue weighted by Gasteiger charge is 2.14. The van der Waals surface area contributed by atoms with Crippen LogP contribution in [0.3, 0.4) is 0 Å². The Morgan fingerprint density at radius 1 is 0.562 bits per heavy atom. The number of likely N-dealkylation sites (N-methyl/N-ethyl adjacent to an activating group) is 2. The van der Waals surface area contributed by atoms with E-state index in [2.05, 4.69) is 44.4 Å². The van der Waals surface area contributed by atoms with Gasteiger partial charge in [-0.2, -0.15) is 0 Å². The van der Waals surface area contributed by atoms with Crippen molar-refractivity contribution >= 4 is 0 Å². The standard InChI is InChI=1S/C10H22N6/c1-13-3-7-15(8-4-13)11-12-16-9-5-14(2)6-10-16/h3-10H2,1-2H3/b12-11+. The number of hydrogen-bond donors (Lipinski definition) is 0. The summed E-state index contributed by atoms with van der Waals surface area (Å²) in [6, 6.07) is 0. The molecular formula is C10H22N6. The highest BCUT2D eigenvalue weighted by molar-refractivity contribution is 4.67. The number of hydrogen-bond acceptors (Lipinski definition) is 4. The molecule has 16 heavy (non-hydrogen) atoms. The third-order valence-electron chi connectivity index (χ3n) is 3.25. The summed E-state index contributed by atoms with van der Waals surface area (Å²) in [6.45, 7) is 8.32. The van der Waals surface area contributed by atoms with E-state index in [1.54, 1.807) is 0 Å². The lowest BCUT2D eigenvalue weighted by atomic mass is 10.4. The molecular weight excluding hydrogens is 204 g/mol. The van der Waals surface area contributed by atoms with Gasteiger partial charge in [0.05, 0.1) is 26.2 Å². The maximum Gasteiger partial charge on any atom is 0.0505 e. The maximum atomic E-state index is 4.31. The Labute approximate surface area is 97.4 Å². The van der Waals surface area contributed by atoms with Gasteiger partial charge in [0.1, 0.15) is 0 Å². The van der Waals surface area contributed by atoms with Crippen LogP contribution in [0.25, 0.3) is 0 Å². The van der Waals surface area contributed by atoms with Gasteiger partial charge in [-0.15, -0.1) is 0 Å². The zero-order valence-electron chi connectivity index (χ0n) is 10.3. The number of rotatable bonds is 2. The molecule has 0 spiro atoms. The molecule has 2 fully saturated rings. The zero-order chi connectivity index (χ0) is 11.4. The topological polar surface area (TPSA) is 37.7 Å². The molecule has 0 aromatic carbocycles. The Kier molecular flexibility index (Phi) is 3.95. The van der Waals surface area contributed by atoms with Crippen molar-refractivity contribution in [3.05, 3.63) is 0 Å². The van der Waals surface area contributed by atoms with Crippen LogP contribution < -0.4 is 0 Å². The van der Waals surface area contributed by atoms with Crippen molar-refractivity contribution in [1.29, 1.82) is 0 Å². The summed E-state index contributed by atoms with van der Waals surface area (Å²) in [5.74, 6) is 0. The minimum atomic E-state index is 0.994. The Morgan fingerprint density at radius 2 is 0.875 bits per heavy atom. The average molecular weight is 226 g/mol. The molecule has 0 radical (unpaired) electrons. The normalized spacial score (nSPS) is 25.6. The third kappa shape index (κ3) is 3.31. The predicted octanol–water partition coefficient (Wildman–Crippen LogP) is -0.237. The Bertz CT molecular complexity index is 203. The molecule has 2 saturated heterocycles. The maximum absolute atomic E-state index is 4.31. The van der Waals surface area contributed by atoms with Crippen LogP contribution in [0, 0.1) is 0 Å². The van der Waals surface area contributed by atoms with Crippen LogP contribution in [-0.2, 0) is 0 Å². The van der Waals surface area contributed by atoms with E-state index in [4.69, 9.17) is 0 Å². The Hall–Kier alpha value is -0.880. The molecule has 0 atom stereocenters. The monoisotopic (exact) mass is 226 g/mol. The lowest BCUT2D eigenvalue weighted by molar-refractivity contribution is 0.107. The van der Waals surface area contributed by atoms with Crippen molar-refractivity contribution < 1.29 is 0 Å². The summed E-state index contributed by atoms with van der Waals surface area (Å²) in [5.41, 5.74) is 0. The molecule has 0 aliphatic carbocycles. The first kappa shape index (κ1) is 11.6. The van der Waals surface area contributed by atoms with Crippen LogP contribution in [0.15, 0.2) is 10.4 Å². The van der Waals surface area contributed by atoms with Gasteiger partial charge in [0.15, 0.2) is 0 Å². The molecule has 0 amide bonds. The minimum Gasteiger partial charge on any atom is -0.303 e. The van der Waals surface area contributed by atoms with Gasteiger partial charge in [0, 0.05) is 26.2 Å². The fourth-order valence-electron chi connectivity index (χ4n) is 1.88. The molecule has 6 nitrogen and oxygen atoms in total. The van der Waals surface area contributed by atoms with E-state index in [0.717, 1.165) is 52.4 Å². The van der Waals surface area contributed by atoms with Gasteiger partial charge in [0.25, 0.3) is 0 Å². The van der Waals surface area contributed by atoms with E-state index in [-0.39, 0.29) is 0 Å². The Balaban J connectivity index is 1.72. The summed E-state index contributed by atoms with van der Waals surface area (Å²) < 4.78 is 0. The summed E-state index contributed by atoms with van der Waals surface area (Å²) in [6.07, 6.45) is 0. The fourth-order valence-corrected chi connectivity index (χ4v) is 1.88. The second-order valence-corrected chi connectivity index (χ2v) is 4.69. The summed E-state index contributed by atoms with van der Waals surface area (Å²) in [4.78, 5) is 4.64. The molecule has 0 unspecified atom stereocenters. The van der Waals surface area contributed by atoms with E-state index in [0.29, 0.717) is 0 Å². The molecule has 0 saturated carbocycles. The summed E-state index contributed by atoms with van der Waals surface area (Å²) in [7, 11) is 4.30. The highest BCUT2D eigenvalue weighted by atomic mass is 15.7. The molecule has 0 bridgehead atoms. The van der Waals surface area contributed by atoms with Gasteiger partial charge in [-0.05, 0) is 14.1 Å². The minimum absolute atomic E-state index is 0.994. The van der Waals surface area contributed by atoms with Crippen molar-refractivity contribution in [1.82, 2.24) is 19.8 Å². The Morgan fingerprint density at radius 3 is 1.19 bits per heavy atom. The van der Waals surface area contributed by atoms with Gasteiger partial charge >= 0.3 is 0 Å². The van der Waals surface area contributed by atoms with E-state index in [1.165, 1.54) is 0 Å². The zero-order valence-corrected chi connectivity index (χ0v) is 10.3. The van der Waals surface area contributed by atoms with Crippen LogP contribution >= 0.6 is 0 Å². The lowest BCUT2D eigenvalue weighted by Gasteiger charge is -2.31. The quantitative estimate of drug-likeness (QED) is 0.609. The largest absolute Gasteiger partial charge is 0.303 e. The van der Waals surface area contributed by atoms with Crippen molar-refractivity contribution in [2.24, 2.45) is 10.4 Å². The van der Waals surface area contributed by atoms with Crippen LogP contribution in [0.5, 0.6) is 0 Å². The van der Waals surface area contributed by atoms with Gasteiger partial charge < -0.3 is 9.80 Å². The first-order valence-corrected chi connectivity index (χ1v) is 6.02. The molecule has 6 heteroatoms. The molecule has 0 N–H and O–H groups in total. The van der Waals surface area contributed by atoms with Crippen molar-refractivity contribution in [3.8, 4) is 0 Å². The van der Waals surface area contributed by atoms with Gasteiger partial charge in [-0.3, -0.25) is 10.0 Å². The average Bonchev–Trinajstić information content (AvgIpc) is 2.30. The van der Waals surface area contributed by atoms with Crippen molar-refractivity contribution in [2.45, 2.75) is 0 Å². The van der Waals surface area contributed by atoms with E-state index < -0.39 is 0 Å². The molecule has 2 aliphatic heterocycles. The number of nitrogens with zero attached hydrogens (tertiary/aromatic N) is 6. The third-order valence-corrected chi connectivity index (χ3v) is 3.25. The highest BCUT2D eigenvalue weighted by Crippen LogP contribution is 2.03. The van der Waals surface area contributed by atoms with E-state index in [9.17, 15) is 0 Å². The molecule has 2 rings (SSSR count). The predicted molar refractivity (Wildman–Crippen MR) is 63.0 cm³/mol. The van der Waals surface area contributed by atoms with Crippen LogP contribution in [0.4, 0.5) is 0 Å². The first-order chi connectivity index (χ1) is 7.74. The van der Waals surface area contributed by atoms with Crippen molar-refractivity contribution in [2.75, 3.05) is 66.5 Å². The number of piperazine rings is 2. The molecule has 92 valence electrons. The van der Waals surface area contributed by atoms with Crippen LogP contribution in [-0.4, -0.2) is 86.3 Å². The fraction of sp³-hybridized carbons (Fsp3) is 1.00. The smallest absolute Gasteiger partial charge is 0.0505 e. The van der Waals surface area contributed by atoms with Gasteiger partial charge in [-0.25, -0.2) is 0 Å². The molecule has 0 aromatic rings. The van der Waals surface area contributed by atoms with Crippen LogP contribution in [0.1, 0.15) is 0 Å². The van der Waals surface area contributed by atoms with Gasteiger partial charge in [-0.1, -0.05) is 10.4 Å². The second kappa shape index (κ2) is 5.45. The first-order valence-electron chi connectivity index (χ1n) is 6.02. The van der Waals surface area contributed by atoms with Gasteiger partial charge in [0.2, 0.25) is 0 Å². The summed E-state index contributed by atoms with van der Waals surface area (Å²) >= 11 is 0. The molecule has 2 aliphatic rings. The summed E-state index contributed by atoms with van der Waals surface area (Å²) in [5, 5.41) is 12.7. The molecule has 2 heterocycles. The molecule has 0 aromatic heterocycles. The second-order valence-electron chi connectivity index (χ2n) is 4.69. The lowest BCUT2D eigenvalue weighted by Crippen LogP contribution is -2.43. The van der Waals surface area contributed by atoms with E-state index >= 15 is 0 Å².